The Morgan fingerprint density at radius 3 is 2.69 bits per heavy atom. The maximum Gasteiger partial charge on any atom is 0.338 e. The zero-order valence-electron chi connectivity index (χ0n) is 17.9. The largest absolute Gasteiger partial charge is 0.463 e. The van der Waals surface area contributed by atoms with Crippen LogP contribution >= 0.6 is 11.8 Å². The second-order valence-electron chi connectivity index (χ2n) is 7.78. The van der Waals surface area contributed by atoms with Crippen LogP contribution in [0.5, 0.6) is 0 Å². The van der Waals surface area contributed by atoms with E-state index >= 15 is 0 Å². The lowest BCUT2D eigenvalue weighted by Crippen LogP contribution is -2.50. The highest BCUT2D eigenvalue weighted by Crippen LogP contribution is 2.54. The molecule has 4 rings (SSSR count). The maximum atomic E-state index is 13.0. The standard InChI is InChI=1S/C22H25N3O6S/c1-3-30-20(28)18-13(2)23-21(29)24-15(18)11-31-19(27)16-12-32-22(10-9-17(26)25(16)22)14-7-5-4-6-8-14/h4-8,13,16H,3,9-12H2,1-2H3,(H2,23,24,29)/t13-,16-,22-/m1/s1. The number of hydrogen-bond donors (Lipinski definition) is 2. The zero-order chi connectivity index (χ0) is 22.9. The number of rotatable bonds is 6. The molecule has 2 fully saturated rings. The fourth-order valence-electron chi connectivity index (χ4n) is 4.45. The second-order valence-corrected chi connectivity index (χ2v) is 9.08. The molecule has 0 aromatic heterocycles. The fraction of sp³-hybridized carbons (Fsp3) is 0.455. The van der Waals surface area contributed by atoms with Gasteiger partial charge in [-0.1, -0.05) is 30.3 Å². The SMILES string of the molecule is CCOC(=O)C1=C(COC(=O)[C@H]2CS[C@@]3(c4ccccc4)CCC(=O)N23)NC(=O)N[C@@H]1C. The summed E-state index contributed by atoms with van der Waals surface area (Å²) in [4.78, 5) is 51.1. The number of carbonyl (C=O) groups is 4. The average Bonchev–Trinajstić information content (AvgIpc) is 3.31. The highest BCUT2D eigenvalue weighted by Gasteiger charge is 2.57. The number of nitrogens with one attached hydrogen (secondary N) is 2. The van der Waals surface area contributed by atoms with Crippen LogP contribution in [-0.2, 0) is 28.7 Å². The van der Waals surface area contributed by atoms with Crippen molar-refractivity contribution in [2.24, 2.45) is 0 Å². The van der Waals surface area contributed by atoms with Crippen molar-refractivity contribution < 1.29 is 28.7 Å². The van der Waals surface area contributed by atoms with Crippen molar-refractivity contribution in [3.05, 3.63) is 47.2 Å². The fourth-order valence-corrected chi connectivity index (χ4v) is 6.08. The summed E-state index contributed by atoms with van der Waals surface area (Å²) in [6, 6.07) is 7.86. The molecule has 2 N–H and O–H groups in total. The number of nitrogens with zero attached hydrogens (tertiary/aromatic N) is 1. The van der Waals surface area contributed by atoms with Crippen LogP contribution in [0.3, 0.4) is 0 Å². The first kappa shape index (κ1) is 22.2. The predicted octanol–water partition coefficient (Wildman–Crippen LogP) is 1.64. The molecule has 0 bridgehead atoms. The van der Waals surface area contributed by atoms with E-state index in [-0.39, 0.29) is 30.4 Å². The van der Waals surface area contributed by atoms with Gasteiger partial charge in [0.2, 0.25) is 5.91 Å². The summed E-state index contributed by atoms with van der Waals surface area (Å²) >= 11 is 1.57. The first-order valence-electron chi connectivity index (χ1n) is 10.5. The third kappa shape index (κ3) is 3.83. The molecular weight excluding hydrogens is 434 g/mol. The van der Waals surface area contributed by atoms with Crippen molar-refractivity contribution in [3.63, 3.8) is 0 Å². The minimum Gasteiger partial charge on any atom is -0.463 e. The third-order valence-corrected chi connectivity index (χ3v) is 7.44. The molecule has 3 amide bonds. The van der Waals surface area contributed by atoms with Crippen LogP contribution in [0.25, 0.3) is 0 Å². The molecule has 0 unspecified atom stereocenters. The van der Waals surface area contributed by atoms with Crippen LogP contribution in [-0.4, -0.2) is 59.8 Å². The van der Waals surface area contributed by atoms with E-state index in [0.717, 1.165) is 5.56 Å². The van der Waals surface area contributed by atoms with Gasteiger partial charge in [-0.25, -0.2) is 14.4 Å². The quantitative estimate of drug-likeness (QED) is 0.622. The Kier molecular flexibility index (Phi) is 6.14. The van der Waals surface area contributed by atoms with Crippen molar-refractivity contribution >= 4 is 35.6 Å². The van der Waals surface area contributed by atoms with Gasteiger partial charge in [0.25, 0.3) is 0 Å². The van der Waals surface area contributed by atoms with Crippen LogP contribution in [0.4, 0.5) is 4.79 Å². The first-order valence-corrected chi connectivity index (χ1v) is 11.5. The Balaban J connectivity index is 1.53. The Bertz CT molecular complexity index is 981. The smallest absolute Gasteiger partial charge is 0.338 e. The summed E-state index contributed by atoms with van der Waals surface area (Å²) in [5, 5.41) is 5.13. The van der Waals surface area contributed by atoms with Gasteiger partial charge in [-0.3, -0.25) is 4.79 Å². The van der Waals surface area contributed by atoms with Crippen molar-refractivity contribution in [1.29, 1.82) is 0 Å². The van der Waals surface area contributed by atoms with Crippen molar-refractivity contribution in [1.82, 2.24) is 15.5 Å². The predicted molar refractivity (Wildman–Crippen MR) is 116 cm³/mol. The number of esters is 2. The molecule has 0 saturated carbocycles. The van der Waals surface area contributed by atoms with Gasteiger partial charge in [-0.15, -0.1) is 11.8 Å². The highest BCUT2D eigenvalue weighted by molar-refractivity contribution is 8.00. The zero-order valence-corrected chi connectivity index (χ0v) is 18.7. The first-order chi connectivity index (χ1) is 15.4. The molecule has 2 saturated heterocycles. The molecule has 3 aliphatic rings. The summed E-state index contributed by atoms with van der Waals surface area (Å²) in [6.07, 6.45) is 0.991. The molecular formula is C22H25N3O6S. The molecule has 3 heterocycles. The van der Waals surface area contributed by atoms with Gasteiger partial charge >= 0.3 is 18.0 Å². The van der Waals surface area contributed by atoms with Crippen LogP contribution in [0.15, 0.2) is 41.6 Å². The van der Waals surface area contributed by atoms with Crippen LogP contribution in [0, 0.1) is 0 Å². The summed E-state index contributed by atoms with van der Waals surface area (Å²) in [5.41, 5.74) is 1.37. The molecule has 10 heteroatoms. The number of urea groups is 1. The minimum atomic E-state index is -0.739. The van der Waals surface area contributed by atoms with E-state index in [4.69, 9.17) is 9.47 Å². The van der Waals surface area contributed by atoms with Gasteiger partial charge in [0.05, 0.1) is 23.9 Å². The van der Waals surface area contributed by atoms with Gasteiger partial charge in [-0.05, 0) is 25.8 Å². The monoisotopic (exact) mass is 459 g/mol. The van der Waals surface area contributed by atoms with Gasteiger partial charge in [0.15, 0.2) is 0 Å². The highest BCUT2D eigenvalue weighted by atomic mass is 32.2. The van der Waals surface area contributed by atoms with Crippen molar-refractivity contribution in [2.75, 3.05) is 19.0 Å². The molecule has 0 spiro atoms. The van der Waals surface area contributed by atoms with E-state index in [1.807, 2.05) is 30.3 Å². The van der Waals surface area contributed by atoms with Gasteiger partial charge in [-0.2, -0.15) is 0 Å². The van der Waals surface area contributed by atoms with Crippen LogP contribution in [0.2, 0.25) is 0 Å². The summed E-state index contributed by atoms with van der Waals surface area (Å²) in [6.45, 7) is 3.21. The van der Waals surface area contributed by atoms with Crippen molar-refractivity contribution in [2.45, 2.75) is 43.6 Å². The van der Waals surface area contributed by atoms with E-state index in [1.165, 1.54) is 0 Å². The van der Waals surface area contributed by atoms with Crippen LogP contribution in [0.1, 0.15) is 32.3 Å². The average molecular weight is 460 g/mol. The normalized spacial score (nSPS) is 27.0. The maximum absolute atomic E-state index is 13.0. The second kappa shape index (κ2) is 8.85. The van der Waals surface area contributed by atoms with E-state index < -0.39 is 34.9 Å². The number of carbonyl (C=O) groups excluding carboxylic acids is 4. The summed E-state index contributed by atoms with van der Waals surface area (Å²) in [5.74, 6) is -0.835. The van der Waals surface area contributed by atoms with Crippen molar-refractivity contribution in [3.8, 4) is 0 Å². The lowest BCUT2D eigenvalue weighted by molar-refractivity contribution is -0.153. The molecule has 170 valence electrons. The van der Waals surface area contributed by atoms with E-state index in [1.54, 1.807) is 30.5 Å². The number of thioether (sulfide) groups is 1. The molecule has 9 nitrogen and oxygen atoms in total. The third-order valence-electron chi connectivity index (χ3n) is 5.85. The lowest BCUT2D eigenvalue weighted by Gasteiger charge is -2.33. The molecule has 1 aromatic rings. The molecule has 0 radical (unpaired) electrons. The summed E-state index contributed by atoms with van der Waals surface area (Å²) < 4.78 is 10.6. The van der Waals surface area contributed by atoms with E-state index in [9.17, 15) is 19.2 Å². The molecule has 0 aliphatic carbocycles. The van der Waals surface area contributed by atoms with Gasteiger partial charge in [0.1, 0.15) is 17.5 Å². The lowest BCUT2D eigenvalue weighted by atomic mass is 10.0. The van der Waals surface area contributed by atoms with Gasteiger partial charge < -0.3 is 25.0 Å². The molecule has 3 aliphatic heterocycles. The van der Waals surface area contributed by atoms with E-state index in [0.29, 0.717) is 18.6 Å². The number of fused-ring (bicyclic) bond motifs is 1. The Morgan fingerprint density at radius 1 is 1.22 bits per heavy atom. The van der Waals surface area contributed by atoms with E-state index in [2.05, 4.69) is 10.6 Å². The van der Waals surface area contributed by atoms with Gasteiger partial charge in [0, 0.05) is 12.2 Å². The Morgan fingerprint density at radius 2 is 1.97 bits per heavy atom. The molecule has 32 heavy (non-hydrogen) atoms. The number of ether oxygens (including phenoxy) is 2. The Hall–Kier alpha value is -3.01. The number of benzene rings is 1. The Labute approximate surface area is 189 Å². The topological polar surface area (TPSA) is 114 Å². The van der Waals surface area contributed by atoms with Crippen LogP contribution < -0.4 is 10.6 Å². The molecule has 1 aromatic carbocycles. The summed E-state index contributed by atoms with van der Waals surface area (Å²) in [7, 11) is 0. The minimum absolute atomic E-state index is 0.0870. The number of amides is 3. The number of hydrogen-bond acceptors (Lipinski definition) is 7. The molecule has 3 atom stereocenters.